The van der Waals surface area contributed by atoms with Gasteiger partial charge in [-0.1, -0.05) is 105 Å². The summed E-state index contributed by atoms with van der Waals surface area (Å²) >= 11 is 1.21. The van der Waals surface area contributed by atoms with Gasteiger partial charge in [0.1, 0.15) is 42.3 Å². The van der Waals surface area contributed by atoms with Crippen molar-refractivity contribution in [2.45, 2.75) is 133 Å². The van der Waals surface area contributed by atoms with Gasteiger partial charge in [-0.05, 0) is 77.7 Å². The fraction of sp³-hybridized carbons (Fsp3) is 0.411. The molecule has 0 saturated carbocycles. The van der Waals surface area contributed by atoms with E-state index < -0.39 is 102 Å². The summed E-state index contributed by atoms with van der Waals surface area (Å²) in [6, 6.07) is 16.4. The number of aliphatic imine (C=N–C) groups is 1. The molecule has 24 heteroatoms. The Balaban J connectivity index is 1.50. The lowest BCUT2D eigenvalue weighted by Crippen LogP contribution is -2.61. The number of rotatable bonds is 33. The Morgan fingerprint density at radius 1 is 0.550 bits per heavy atom. The van der Waals surface area contributed by atoms with Crippen LogP contribution in [0.1, 0.15) is 88.5 Å². The summed E-state index contributed by atoms with van der Waals surface area (Å²) < 4.78 is 0. The zero-order valence-corrected chi connectivity index (χ0v) is 45.7. The zero-order chi connectivity index (χ0) is 58.1. The van der Waals surface area contributed by atoms with E-state index >= 15 is 0 Å². The second-order valence-electron chi connectivity index (χ2n) is 19.5. The number of carboxylic acids is 1. The minimum Gasteiger partial charge on any atom is -0.481 e. The molecular formula is C56H73N13O10S. The van der Waals surface area contributed by atoms with Crippen LogP contribution >= 0.6 is 11.3 Å². The quantitative estimate of drug-likeness (QED) is 0.0160. The van der Waals surface area contributed by atoms with Gasteiger partial charge in [-0.25, -0.2) is 4.98 Å². The van der Waals surface area contributed by atoms with Gasteiger partial charge in [-0.3, -0.25) is 48.1 Å². The number of hydrogen-bond donors (Lipinski definition) is 12. The molecule has 23 nitrogen and oxygen atoms in total. The number of carbonyl (C=O) groups is 9. The van der Waals surface area contributed by atoms with Gasteiger partial charge >= 0.3 is 5.97 Å². The van der Waals surface area contributed by atoms with E-state index in [-0.39, 0.29) is 57.5 Å². The second kappa shape index (κ2) is 31.8. The van der Waals surface area contributed by atoms with Crippen molar-refractivity contribution in [3.63, 3.8) is 0 Å². The molecule has 4 aromatic carbocycles. The maximum Gasteiger partial charge on any atom is 0.305 e. The van der Waals surface area contributed by atoms with Crippen molar-refractivity contribution in [2.24, 2.45) is 27.9 Å². The summed E-state index contributed by atoms with van der Waals surface area (Å²) in [4.78, 5) is 131. The maximum atomic E-state index is 15.0. The molecule has 5 aromatic rings. The lowest BCUT2D eigenvalue weighted by atomic mass is 9.99. The predicted molar refractivity (Wildman–Crippen MR) is 304 cm³/mol. The normalized spacial score (nSPS) is 13.7. The van der Waals surface area contributed by atoms with Gasteiger partial charge < -0.3 is 65.3 Å². The van der Waals surface area contributed by atoms with Gasteiger partial charge in [0.2, 0.25) is 47.3 Å². The van der Waals surface area contributed by atoms with Crippen molar-refractivity contribution < 1.29 is 48.3 Å². The van der Waals surface area contributed by atoms with Crippen LogP contribution in [-0.2, 0) is 62.4 Å². The number of thiazole rings is 1. The van der Waals surface area contributed by atoms with E-state index in [0.717, 1.165) is 21.5 Å². The highest BCUT2D eigenvalue weighted by molar-refractivity contribution is 7.07. The summed E-state index contributed by atoms with van der Waals surface area (Å²) in [6.45, 7) is 3.49. The minimum absolute atomic E-state index is 0.0390. The number of aromatic nitrogens is 1. The van der Waals surface area contributed by atoms with Gasteiger partial charge in [-0.2, -0.15) is 0 Å². The van der Waals surface area contributed by atoms with E-state index in [1.165, 1.54) is 23.8 Å². The van der Waals surface area contributed by atoms with Gasteiger partial charge in [0.05, 0.1) is 17.6 Å². The van der Waals surface area contributed by atoms with Crippen molar-refractivity contribution in [1.82, 2.24) is 42.2 Å². The van der Waals surface area contributed by atoms with Crippen molar-refractivity contribution in [2.75, 3.05) is 13.1 Å². The van der Waals surface area contributed by atoms with Gasteiger partial charge in [0.15, 0.2) is 5.96 Å². The van der Waals surface area contributed by atoms with Crippen LogP contribution in [0, 0.1) is 0 Å². The van der Waals surface area contributed by atoms with Crippen molar-refractivity contribution in [3.05, 3.63) is 113 Å². The molecule has 16 N–H and O–H groups in total. The average Bonchev–Trinajstić information content (AvgIpc) is 3.97. The molecule has 0 spiro atoms. The van der Waals surface area contributed by atoms with E-state index in [2.05, 4.69) is 47.2 Å². The predicted octanol–water partition coefficient (Wildman–Crippen LogP) is 1.22. The molecule has 0 radical (unpaired) electrons. The van der Waals surface area contributed by atoms with E-state index in [0.29, 0.717) is 49.0 Å². The first-order chi connectivity index (χ1) is 38.3. The van der Waals surface area contributed by atoms with Crippen molar-refractivity contribution in [3.8, 4) is 0 Å². The number of amides is 8. The fourth-order valence-corrected chi connectivity index (χ4v) is 9.44. The third-order valence-electron chi connectivity index (χ3n) is 13.0. The Hall–Kier alpha value is -8.51. The Labute approximate surface area is 467 Å². The Morgan fingerprint density at radius 2 is 1.00 bits per heavy atom. The highest BCUT2D eigenvalue weighted by atomic mass is 32.1. The molecule has 8 amide bonds. The van der Waals surface area contributed by atoms with E-state index in [1.807, 2.05) is 79.7 Å². The first-order valence-electron chi connectivity index (χ1n) is 26.5. The molecule has 0 unspecified atom stereocenters. The number of nitrogens with one attached hydrogen (secondary N) is 7. The zero-order valence-electron chi connectivity index (χ0n) is 44.9. The summed E-state index contributed by atoms with van der Waals surface area (Å²) in [7, 11) is 0. The number of carbonyl (C=O) groups excluding carboxylic acids is 8. The standard InChI is InChI=1S/C56H73N13O10S/c1-3-4-16-42(63-33(2)70)50(74)69-47(30-48(71)72)55(79)68-46(29-40-31-80-32-62-40)54(78)67-45(28-35-20-22-37-13-6-8-15-39(37)26-35)53(77)65-43(18-11-24-61-56(59)60)51(75)66-44(52(76)64-41(49(58)73)17-9-10-23-57)27-34-19-21-36-12-5-7-14-38(36)25-34/h5-8,12-15,19-22,25-26,31-32,41-47H,3-4,9-11,16-18,23-24,27-30,57H2,1-2H3,(H2,58,73)(H,63,70)(H,64,76)(H,65,77)(H,66,75)(H,67,78)(H,68,79)(H,69,74)(H,71,72)(H4,59,60,61)/t41-,42-,43-,44-,45+,46-,47-/m0/s1. The first kappa shape index (κ1) is 62.3. The monoisotopic (exact) mass is 1120 g/mol. The molecule has 0 fully saturated rings. The highest BCUT2D eigenvalue weighted by Gasteiger charge is 2.35. The molecule has 7 atom stereocenters. The van der Waals surface area contributed by atoms with Crippen LogP contribution in [0.5, 0.6) is 0 Å². The number of nitrogens with two attached hydrogens (primary N) is 4. The number of primary amides is 1. The molecule has 0 aliphatic rings. The average molecular weight is 1120 g/mol. The van der Waals surface area contributed by atoms with Crippen LogP contribution in [0.15, 0.2) is 101 Å². The van der Waals surface area contributed by atoms with Gasteiger partial charge in [0, 0.05) is 38.1 Å². The number of aliphatic carboxylic acids is 1. The number of unbranched alkanes of at least 4 members (excludes halogenated alkanes) is 2. The van der Waals surface area contributed by atoms with Crippen LogP contribution in [0.2, 0.25) is 0 Å². The van der Waals surface area contributed by atoms with Crippen molar-refractivity contribution >= 4 is 92.1 Å². The van der Waals surface area contributed by atoms with Crippen LogP contribution in [0.3, 0.4) is 0 Å². The van der Waals surface area contributed by atoms with Crippen LogP contribution in [-0.4, -0.2) is 125 Å². The molecular weight excluding hydrogens is 1050 g/mol. The molecule has 5 rings (SSSR count). The number of benzene rings is 4. The molecule has 1 heterocycles. The van der Waals surface area contributed by atoms with Crippen LogP contribution < -0.4 is 60.2 Å². The minimum atomic E-state index is -1.72. The van der Waals surface area contributed by atoms with Crippen molar-refractivity contribution in [1.29, 1.82) is 0 Å². The topological polar surface area (TPSA) is 387 Å². The van der Waals surface area contributed by atoms with Gasteiger partial charge in [-0.15, -0.1) is 11.3 Å². The number of hydrogen-bond acceptors (Lipinski definition) is 13. The largest absolute Gasteiger partial charge is 0.481 e. The number of fused-ring (bicyclic) bond motifs is 2. The van der Waals surface area contributed by atoms with E-state index in [4.69, 9.17) is 22.9 Å². The van der Waals surface area contributed by atoms with E-state index in [9.17, 15) is 48.3 Å². The molecule has 0 aliphatic carbocycles. The number of nitrogens with zero attached hydrogens (tertiary/aromatic N) is 2. The maximum absolute atomic E-state index is 15.0. The SMILES string of the molecule is CCCC[C@H](NC(C)=O)C(=O)N[C@@H](CC(=O)O)C(=O)N[C@@H](Cc1cscn1)C(=O)N[C@H](Cc1ccc2ccccc2c1)C(=O)N[C@@H](CCCN=C(N)N)C(=O)N[C@@H](Cc1ccc2ccccc2c1)C(=O)N[C@@H](CCCCN)C(N)=O. The lowest BCUT2D eigenvalue weighted by molar-refractivity contribution is -0.141. The molecule has 80 heavy (non-hydrogen) atoms. The molecule has 0 bridgehead atoms. The Bertz CT molecular complexity index is 2970. The van der Waals surface area contributed by atoms with Crippen LogP contribution in [0.25, 0.3) is 21.5 Å². The second-order valence-corrected chi connectivity index (χ2v) is 20.2. The Kier molecular flexibility index (Phi) is 24.8. The Morgan fingerprint density at radius 3 is 1.48 bits per heavy atom. The van der Waals surface area contributed by atoms with Crippen LogP contribution in [0.4, 0.5) is 0 Å². The highest BCUT2D eigenvalue weighted by Crippen LogP contribution is 2.20. The molecule has 428 valence electrons. The number of guanidine groups is 1. The first-order valence-corrected chi connectivity index (χ1v) is 27.5. The molecule has 0 aliphatic heterocycles. The van der Waals surface area contributed by atoms with Gasteiger partial charge in [0.25, 0.3) is 0 Å². The molecule has 1 aromatic heterocycles. The third kappa shape index (κ3) is 20.4. The summed E-state index contributed by atoms with van der Waals surface area (Å²) in [5, 5.41) is 33.6. The summed E-state index contributed by atoms with van der Waals surface area (Å²) in [6.07, 6.45) is 1.35. The number of carboxylic acid groups (broad SMARTS) is 1. The summed E-state index contributed by atoms with van der Waals surface area (Å²) in [5.74, 6) is -8.14. The lowest BCUT2D eigenvalue weighted by Gasteiger charge is -2.28. The van der Waals surface area contributed by atoms with E-state index in [1.54, 1.807) is 17.5 Å². The smallest absolute Gasteiger partial charge is 0.305 e. The third-order valence-corrected chi connectivity index (χ3v) is 13.7. The molecule has 0 saturated heterocycles. The fourth-order valence-electron chi connectivity index (χ4n) is 8.87. The summed E-state index contributed by atoms with van der Waals surface area (Å²) in [5.41, 5.74) is 25.8.